The second-order valence-electron chi connectivity index (χ2n) is 6.51. The maximum Gasteiger partial charge on any atom is 0.274 e. The average molecular weight is 375 g/mol. The fourth-order valence-electron chi connectivity index (χ4n) is 3.16. The summed E-state index contributed by atoms with van der Waals surface area (Å²) in [7, 11) is 0. The van der Waals surface area contributed by atoms with Gasteiger partial charge < -0.3 is 19.7 Å². The monoisotopic (exact) mass is 375 g/mol. The van der Waals surface area contributed by atoms with Gasteiger partial charge in [-0.25, -0.2) is 4.98 Å². The minimum Gasteiger partial charge on any atom is -0.454 e. The molecule has 4 rings (SSSR count). The maximum atomic E-state index is 12.5. The van der Waals surface area contributed by atoms with E-state index in [1.807, 2.05) is 12.1 Å². The van der Waals surface area contributed by atoms with Gasteiger partial charge in [-0.1, -0.05) is 12.1 Å². The van der Waals surface area contributed by atoms with E-state index < -0.39 is 0 Å². The van der Waals surface area contributed by atoms with Gasteiger partial charge in [-0.2, -0.15) is 0 Å². The number of pyridine rings is 1. The molecule has 1 amide bonds. The molecule has 0 saturated carbocycles. The zero-order valence-electron chi connectivity index (χ0n) is 15.8. The zero-order valence-corrected chi connectivity index (χ0v) is 15.8. The van der Waals surface area contributed by atoms with Crippen molar-refractivity contribution in [1.29, 1.82) is 0 Å². The summed E-state index contributed by atoms with van der Waals surface area (Å²) in [6.45, 7) is 5.15. The van der Waals surface area contributed by atoms with E-state index in [9.17, 15) is 4.79 Å². The minimum atomic E-state index is -0.274. The molecule has 0 spiro atoms. The lowest BCUT2D eigenvalue weighted by Crippen LogP contribution is -2.18. The summed E-state index contributed by atoms with van der Waals surface area (Å²) in [5, 5.41) is 2.84. The topological polar surface area (TPSA) is 63.7 Å². The van der Waals surface area contributed by atoms with Crippen LogP contribution in [-0.4, -0.2) is 24.2 Å². The molecule has 2 heterocycles. The summed E-state index contributed by atoms with van der Waals surface area (Å²) >= 11 is 0. The first kappa shape index (κ1) is 17.9. The van der Waals surface area contributed by atoms with Crippen LogP contribution in [0.1, 0.15) is 23.0 Å². The maximum absolute atomic E-state index is 12.5. The van der Waals surface area contributed by atoms with Crippen molar-refractivity contribution in [3.05, 3.63) is 72.1 Å². The highest BCUT2D eigenvalue weighted by Crippen LogP contribution is 2.34. The number of carbonyl (C=O) groups excluding carboxylic acids is 1. The predicted octanol–water partition coefficient (Wildman–Crippen LogP) is 4.53. The van der Waals surface area contributed by atoms with E-state index in [1.165, 1.54) is 5.56 Å². The van der Waals surface area contributed by atoms with Crippen LogP contribution in [0.25, 0.3) is 0 Å². The summed E-state index contributed by atoms with van der Waals surface area (Å²) in [5.41, 5.74) is 4.22. The molecule has 0 unspecified atom stereocenters. The molecule has 28 heavy (non-hydrogen) atoms. The molecular weight excluding hydrogens is 354 g/mol. The van der Waals surface area contributed by atoms with E-state index in [2.05, 4.69) is 47.2 Å². The fourth-order valence-corrected chi connectivity index (χ4v) is 3.16. The first-order valence-electron chi connectivity index (χ1n) is 9.15. The molecule has 2 aromatic carbocycles. The third-order valence-corrected chi connectivity index (χ3v) is 4.55. The molecule has 6 nitrogen and oxygen atoms in total. The molecule has 3 aromatic rings. The number of aryl methyl sites for hydroxylation is 1. The van der Waals surface area contributed by atoms with E-state index in [0.717, 1.165) is 17.9 Å². The van der Waals surface area contributed by atoms with E-state index in [1.54, 1.807) is 30.5 Å². The predicted molar refractivity (Wildman–Crippen MR) is 109 cm³/mol. The van der Waals surface area contributed by atoms with Crippen molar-refractivity contribution in [2.24, 2.45) is 0 Å². The van der Waals surface area contributed by atoms with Crippen LogP contribution in [-0.2, 0) is 0 Å². The number of aromatic nitrogens is 1. The number of nitrogens with zero attached hydrogens (tertiary/aromatic N) is 2. The van der Waals surface area contributed by atoms with E-state index in [4.69, 9.17) is 9.47 Å². The van der Waals surface area contributed by atoms with Gasteiger partial charge in [-0.3, -0.25) is 4.79 Å². The lowest BCUT2D eigenvalue weighted by Gasteiger charge is -2.23. The Labute approximate surface area is 163 Å². The molecule has 0 fully saturated rings. The minimum absolute atomic E-state index is 0.199. The van der Waals surface area contributed by atoms with Crippen molar-refractivity contribution in [2.45, 2.75) is 13.8 Å². The number of nitrogens with one attached hydrogen (secondary N) is 1. The normalized spacial score (nSPS) is 11.9. The Kier molecular flexibility index (Phi) is 4.85. The Balaban J connectivity index is 1.50. The van der Waals surface area contributed by atoms with Crippen LogP contribution in [0, 0.1) is 6.92 Å². The van der Waals surface area contributed by atoms with Gasteiger partial charge in [0.1, 0.15) is 5.69 Å². The second kappa shape index (κ2) is 7.60. The molecule has 1 N–H and O–H groups in total. The van der Waals surface area contributed by atoms with Crippen molar-refractivity contribution in [2.75, 3.05) is 23.6 Å². The number of hydrogen-bond acceptors (Lipinski definition) is 5. The molecule has 0 radical (unpaired) electrons. The zero-order chi connectivity index (χ0) is 19.5. The molecule has 0 saturated heterocycles. The fraction of sp³-hybridized carbons (Fsp3) is 0.182. The highest BCUT2D eigenvalue weighted by Gasteiger charge is 2.15. The van der Waals surface area contributed by atoms with Gasteiger partial charge in [-0.15, -0.1) is 0 Å². The number of ether oxygens (including phenoxy) is 2. The van der Waals surface area contributed by atoms with Crippen LogP contribution in [0.2, 0.25) is 0 Å². The van der Waals surface area contributed by atoms with E-state index in [0.29, 0.717) is 22.9 Å². The first-order chi connectivity index (χ1) is 13.6. The standard InChI is InChI=1S/C22H21N3O3/c1-3-25(17-6-4-5-15(2)11-17)18-8-9-19(23-13-18)22(26)24-16-7-10-20-21(12-16)28-14-27-20/h4-13H,3,14H2,1-2H3,(H,24,26). The van der Waals surface area contributed by atoms with Crippen molar-refractivity contribution < 1.29 is 14.3 Å². The van der Waals surface area contributed by atoms with Crippen LogP contribution in [0.3, 0.4) is 0 Å². The first-order valence-corrected chi connectivity index (χ1v) is 9.15. The van der Waals surface area contributed by atoms with Crippen LogP contribution in [0.15, 0.2) is 60.8 Å². The molecule has 0 atom stereocenters. The number of hydrogen-bond donors (Lipinski definition) is 1. The molecule has 6 heteroatoms. The molecular formula is C22H21N3O3. The van der Waals surface area contributed by atoms with Crippen LogP contribution >= 0.6 is 0 Å². The highest BCUT2D eigenvalue weighted by atomic mass is 16.7. The van der Waals surface area contributed by atoms with Gasteiger partial charge in [0.05, 0.1) is 11.9 Å². The van der Waals surface area contributed by atoms with Gasteiger partial charge in [-0.05, 0) is 55.8 Å². The van der Waals surface area contributed by atoms with Crippen LogP contribution < -0.4 is 19.7 Å². The Hall–Kier alpha value is -3.54. The van der Waals surface area contributed by atoms with E-state index in [-0.39, 0.29) is 12.7 Å². The Morgan fingerprint density at radius 2 is 1.93 bits per heavy atom. The van der Waals surface area contributed by atoms with Crippen LogP contribution in [0.4, 0.5) is 17.1 Å². The summed E-state index contributed by atoms with van der Waals surface area (Å²) in [5.74, 6) is 1.03. The SMILES string of the molecule is CCN(c1ccc(C(=O)Nc2ccc3c(c2)OCO3)nc1)c1cccc(C)c1. The Morgan fingerprint density at radius 1 is 1.07 bits per heavy atom. The van der Waals surface area contributed by atoms with Gasteiger partial charge in [0.25, 0.3) is 5.91 Å². The number of carbonyl (C=O) groups is 1. The molecule has 142 valence electrons. The summed E-state index contributed by atoms with van der Waals surface area (Å²) in [6.07, 6.45) is 1.72. The second-order valence-corrected chi connectivity index (χ2v) is 6.51. The number of benzene rings is 2. The third-order valence-electron chi connectivity index (χ3n) is 4.55. The Bertz CT molecular complexity index is 1000. The number of amides is 1. The average Bonchev–Trinajstić information content (AvgIpc) is 3.17. The molecule has 0 bridgehead atoms. The lowest BCUT2D eigenvalue weighted by molar-refractivity contribution is 0.102. The number of fused-ring (bicyclic) bond motifs is 1. The van der Waals surface area contributed by atoms with Crippen molar-refractivity contribution >= 4 is 23.0 Å². The summed E-state index contributed by atoms with van der Waals surface area (Å²) < 4.78 is 10.6. The van der Waals surface area contributed by atoms with E-state index >= 15 is 0 Å². The van der Waals surface area contributed by atoms with Crippen molar-refractivity contribution in [3.63, 3.8) is 0 Å². The van der Waals surface area contributed by atoms with Gasteiger partial charge in [0, 0.05) is 24.0 Å². The number of anilines is 3. The van der Waals surface area contributed by atoms with Crippen molar-refractivity contribution in [3.8, 4) is 11.5 Å². The summed E-state index contributed by atoms with van der Waals surface area (Å²) in [4.78, 5) is 19.0. The molecule has 1 aliphatic heterocycles. The lowest BCUT2D eigenvalue weighted by atomic mass is 10.2. The van der Waals surface area contributed by atoms with Crippen molar-refractivity contribution in [1.82, 2.24) is 4.98 Å². The van der Waals surface area contributed by atoms with Gasteiger partial charge in [0.15, 0.2) is 11.5 Å². The number of rotatable bonds is 5. The van der Waals surface area contributed by atoms with Gasteiger partial charge in [0.2, 0.25) is 6.79 Å². The van der Waals surface area contributed by atoms with Gasteiger partial charge >= 0.3 is 0 Å². The summed E-state index contributed by atoms with van der Waals surface area (Å²) in [6, 6.07) is 17.2. The quantitative estimate of drug-likeness (QED) is 0.710. The molecule has 1 aromatic heterocycles. The third kappa shape index (κ3) is 3.62. The van der Waals surface area contributed by atoms with Crippen LogP contribution in [0.5, 0.6) is 11.5 Å². The Morgan fingerprint density at radius 3 is 2.68 bits per heavy atom. The smallest absolute Gasteiger partial charge is 0.274 e. The molecule has 1 aliphatic rings. The molecule has 0 aliphatic carbocycles. The largest absolute Gasteiger partial charge is 0.454 e. The highest BCUT2D eigenvalue weighted by molar-refractivity contribution is 6.03.